The number of hydrogen-bond acceptors (Lipinski definition) is 5. The molecule has 1 heterocycles. The summed E-state index contributed by atoms with van der Waals surface area (Å²) < 4.78 is 5.10. The molecule has 0 spiro atoms. The van der Waals surface area contributed by atoms with Crippen LogP contribution in [0.3, 0.4) is 0 Å². The van der Waals surface area contributed by atoms with Gasteiger partial charge >= 0.3 is 5.97 Å². The van der Waals surface area contributed by atoms with Crippen LogP contribution >= 0.6 is 11.3 Å². The molecule has 1 unspecified atom stereocenters. The minimum atomic E-state index is -0.798. The van der Waals surface area contributed by atoms with Crippen LogP contribution < -0.4 is 11.1 Å². The number of nitrogen functional groups attached to an aromatic ring is 1. The first-order valence-electron chi connectivity index (χ1n) is 6.30. The van der Waals surface area contributed by atoms with Gasteiger partial charge in [0.25, 0.3) is 5.91 Å². The van der Waals surface area contributed by atoms with Crippen LogP contribution in [0.1, 0.15) is 41.2 Å². The molecular weight excluding hydrogens is 264 g/mol. The molecule has 5 nitrogen and oxygen atoms in total. The molecule has 1 atom stereocenters. The van der Waals surface area contributed by atoms with E-state index in [0.29, 0.717) is 17.1 Å². The number of aryl methyl sites for hydroxylation is 1. The normalized spacial score (nSPS) is 11.9. The smallest absolute Gasteiger partial charge is 0.349 e. The van der Waals surface area contributed by atoms with Gasteiger partial charge in [-0.3, -0.25) is 4.79 Å². The second-order valence-corrected chi connectivity index (χ2v) is 5.57. The average Bonchev–Trinajstić information content (AvgIpc) is 2.70. The number of anilines is 1. The fraction of sp³-hybridized carbons (Fsp3) is 0.538. The summed E-state index contributed by atoms with van der Waals surface area (Å²) >= 11 is 1.27. The molecule has 0 aliphatic rings. The van der Waals surface area contributed by atoms with Gasteiger partial charge in [-0.2, -0.15) is 0 Å². The van der Waals surface area contributed by atoms with Gasteiger partial charge in [-0.1, -0.05) is 13.3 Å². The van der Waals surface area contributed by atoms with Gasteiger partial charge in [-0.05, 0) is 26.3 Å². The van der Waals surface area contributed by atoms with Crippen molar-refractivity contribution in [1.29, 1.82) is 0 Å². The lowest BCUT2D eigenvalue weighted by Crippen LogP contribution is -2.36. The number of nitrogens with two attached hydrogens (primary N) is 1. The summed E-state index contributed by atoms with van der Waals surface area (Å²) in [6.07, 6.45) is 1.11. The first kappa shape index (κ1) is 15.5. The monoisotopic (exact) mass is 284 g/mol. The summed E-state index contributed by atoms with van der Waals surface area (Å²) in [6, 6.07) is 1.57. The Morgan fingerprint density at radius 2 is 2.21 bits per heavy atom. The highest BCUT2D eigenvalue weighted by Gasteiger charge is 2.20. The number of nitrogens with one attached hydrogen (secondary N) is 1. The fourth-order valence-corrected chi connectivity index (χ4v) is 2.23. The predicted octanol–water partition coefficient (Wildman–Crippen LogP) is 2.10. The zero-order chi connectivity index (χ0) is 14.4. The Kier molecular flexibility index (Phi) is 5.82. The van der Waals surface area contributed by atoms with Gasteiger partial charge in [0.05, 0.1) is 0 Å². The number of carbonyl (C=O) groups excluding carboxylic acids is 2. The maximum atomic E-state index is 11.8. The number of thiophene rings is 1. The number of esters is 1. The Hall–Kier alpha value is -1.56. The van der Waals surface area contributed by atoms with E-state index in [1.54, 1.807) is 13.0 Å². The van der Waals surface area contributed by atoms with Crippen LogP contribution in [0.15, 0.2) is 6.07 Å². The summed E-state index contributed by atoms with van der Waals surface area (Å²) in [4.78, 5) is 24.7. The molecule has 0 saturated heterocycles. The first-order chi connectivity index (χ1) is 8.95. The van der Waals surface area contributed by atoms with Crippen LogP contribution in [0, 0.1) is 6.92 Å². The number of ether oxygens (including phenoxy) is 1. The van der Waals surface area contributed by atoms with Crippen LogP contribution in [0.5, 0.6) is 0 Å². The third-order valence-corrected chi connectivity index (χ3v) is 3.69. The van der Waals surface area contributed by atoms with Crippen molar-refractivity contribution in [2.45, 2.75) is 39.7 Å². The Morgan fingerprint density at radius 1 is 1.53 bits per heavy atom. The largest absolute Gasteiger partial charge is 0.448 e. The molecule has 0 aromatic carbocycles. The predicted molar refractivity (Wildman–Crippen MR) is 76.3 cm³/mol. The average molecular weight is 284 g/mol. The van der Waals surface area contributed by atoms with Crippen LogP contribution in [-0.4, -0.2) is 24.5 Å². The molecule has 0 aliphatic carbocycles. The molecule has 0 bridgehead atoms. The summed E-state index contributed by atoms with van der Waals surface area (Å²) in [5, 5.41) is 2.72. The van der Waals surface area contributed by atoms with E-state index in [1.807, 2.05) is 13.8 Å². The Labute approximate surface area is 117 Å². The second-order valence-electron chi connectivity index (χ2n) is 4.31. The highest BCUT2D eigenvalue weighted by atomic mass is 32.1. The minimum Gasteiger partial charge on any atom is -0.448 e. The van der Waals surface area contributed by atoms with E-state index < -0.39 is 12.1 Å². The summed E-state index contributed by atoms with van der Waals surface area (Å²) in [7, 11) is 0. The molecule has 3 N–H and O–H groups in total. The first-order valence-corrected chi connectivity index (χ1v) is 7.12. The summed E-state index contributed by atoms with van der Waals surface area (Å²) in [5.41, 5.74) is 6.24. The summed E-state index contributed by atoms with van der Waals surface area (Å²) in [6.45, 7) is 6.03. The molecule has 1 aromatic rings. The number of carbonyl (C=O) groups is 2. The van der Waals surface area contributed by atoms with Crippen molar-refractivity contribution in [3.8, 4) is 0 Å². The Morgan fingerprint density at radius 3 is 2.74 bits per heavy atom. The highest BCUT2D eigenvalue weighted by Crippen LogP contribution is 2.24. The maximum absolute atomic E-state index is 11.8. The van der Waals surface area contributed by atoms with Gasteiger partial charge in [0, 0.05) is 17.1 Å². The van der Waals surface area contributed by atoms with E-state index in [0.717, 1.165) is 17.7 Å². The lowest BCUT2D eigenvalue weighted by Gasteiger charge is -2.12. The molecule has 0 fully saturated rings. The van der Waals surface area contributed by atoms with E-state index in [1.165, 1.54) is 11.3 Å². The van der Waals surface area contributed by atoms with Crippen LogP contribution in [-0.2, 0) is 9.53 Å². The van der Waals surface area contributed by atoms with Crippen molar-refractivity contribution in [3.05, 3.63) is 15.8 Å². The van der Waals surface area contributed by atoms with Crippen molar-refractivity contribution in [1.82, 2.24) is 5.32 Å². The molecule has 0 saturated carbocycles. The standard InChI is InChI=1S/C13H20N2O3S/c1-4-5-6-15-12(16)8(2)18-13(17)11-7-10(14)9(3)19-11/h7-8H,4-6,14H2,1-3H3,(H,15,16). The van der Waals surface area contributed by atoms with E-state index in [-0.39, 0.29) is 5.91 Å². The van der Waals surface area contributed by atoms with Crippen LogP contribution in [0.25, 0.3) is 0 Å². The van der Waals surface area contributed by atoms with Gasteiger partial charge < -0.3 is 15.8 Å². The summed E-state index contributed by atoms with van der Waals surface area (Å²) in [5.74, 6) is -0.786. The van der Waals surface area contributed by atoms with Crippen molar-refractivity contribution in [2.24, 2.45) is 0 Å². The SMILES string of the molecule is CCCCNC(=O)C(C)OC(=O)c1cc(N)c(C)s1. The Balaban J connectivity index is 2.49. The lowest BCUT2D eigenvalue weighted by atomic mass is 10.3. The molecule has 0 radical (unpaired) electrons. The van der Waals surface area contributed by atoms with Gasteiger partial charge in [0.15, 0.2) is 6.10 Å². The van der Waals surface area contributed by atoms with Gasteiger partial charge in [-0.25, -0.2) is 4.79 Å². The van der Waals surface area contributed by atoms with E-state index in [9.17, 15) is 9.59 Å². The van der Waals surface area contributed by atoms with Gasteiger partial charge in [0.2, 0.25) is 0 Å². The van der Waals surface area contributed by atoms with E-state index >= 15 is 0 Å². The second kappa shape index (κ2) is 7.13. The molecule has 1 rings (SSSR count). The number of rotatable bonds is 6. The van der Waals surface area contributed by atoms with Gasteiger partial charge in [0.1, 0.15) is 4.88 Å². The third-order valence-electron chi connectivity index (χ3n) is 2.64. The van der Waals surface area contributed by atoms with Gasteiger partial charge in [-0.15, -0.1) is 11.3 Å². The van der Waals surface area contributed by atoms with Crippen LogP contribution in [0.2, 0.25) is 0 Å². The zero-order valence-corrected chi connectivity index (χ0v) is 12.3. The van der Waals surface area contributed by atoms with E-state index in [4.69, 9.17) is 10.5 Å². The lowest BCUT2D eigenvalue weighted by molar-refractivity contribution is -0.129. The van der Waals surface area contributed by atoms with Crippen molar-refractivity contribution in [3.63, 3.8) is 0 Å². The highest BCUT2D eigenvalue weighted by molar-refractivity contribution is 7.14. The Bertz CT molecular complexity index is 437. The van der Waals surface area contributed by atoms with E-state index in [2.05, 4.69) is 5.32 Å². The van der Waals surface area contributed by atoms with Crippen LogP contribution in [0.4, 0.5) is 5.69 Å². The van der Waals surface area contributed by atoms with Crippen molar-refractivity contribution >= 4 is 28.9 Å². The molecular formula is C13H20N2O3S. The maximum Gasteiger partial charge on any atom is 0.349 e. The number of unbranched alkanes of at least 4 members (excludes halogenated alkanes) is 1. The fourth-order valence-electron chi connectivity index (χ4n) is 1.40. The molecule has 6 heteroatoms. The van der Waals surface area contributed by atoms with Crippen molar-refractivity contribution in [2.75, 3.05) is 12.3 Å². The topological polar surface area (TPSA) is 81.4 Å². The number of amides is 1. The number of hydrogen-bond donors (Lipinski definition) is 2. The van der Waals surface area contributed by atoms with Crippen molar-refractivity contribution < 1.29 is 14.3 Å². The molecule has 1 amide bonds. The third kappa shape index (κ3) is 4.55. The quantitative estimate of drug-likeness (QED) is 0.619. The molecule has 1 aromatic heterocycles. The molecule has 19 heavy (non-hydrogen) atoms. The molecule has 0 aliphatic heterocycles. The molecule has 106 valence electrons. The minimum absolute atomic E-state index is 0.275. The zero-order valence-electron chi connectivity index (χ0n) is 11.5.